The van der Waals surface area contributed by atoms with E-state index in [1.165, 1.54) is 0 Å². The maximum atomic E-state index is 8.94. The fraction of sp³-hybridized carbons (Fsp3) is 0.588. The van der Waals surface area contributed by atoms with Crippen LogP contribution in [0.25, 0.3) is 0 Å². The molecule has 1 fully saturated rings. The van der Waals surface area contributed by atoms with Crippen LogP contribution in [0.5, 0.6) is 5.75 Å². The number of rotatable bonds is 4. The normalized spacial score (nSPS) is 24.0. The highest BCUT2D eigenvalue weighted by Gasteiger charge is 2.47. The molecule has 0 aliphatic carbocycles. The number of hydrogen-bond acceptors (Lipinski definition) is 4. The van der Waals surface area contributed by atoms with Crippen LogP contribution in [0.1, 0.15) is 53.0 Å². The number of hydrogen-bond donors (Lipinski definition) is 1. The fourth-order valence-corrected chi connectivity index (χ4v) is 2.92. The SMILES string of the molecule is CC/C(=N/O)c1ccc(OC2CC(C)(C)OC2(C)C)cc1. The summed E-state index contributed by atoms with van der Waals surface area (Å²) in [5.41, 5.74) is 1.12. The van der Waals surface area contributed by atoms with Gasteiger partial charge in [0.2, 0.25) is 0 Å². The third-order valence-corrected chi connectivity index (χ3v) is 3.91. The van der Waals surface area contributed by atoms with Crippen LogP contribution in [0.2, 0.25) is 0 Å². The molecular formula is C17H25NO3. The molecule has 1 saturated heterocycles. The lowest BCUT2D eigenvalue weighted by Gasteiger charge is -2.27. The summed E-state index contributed by atoms with van der Waals surface area (Å²) in [7, 11) is 0. The van der Waals surface area contributed by atoms with Crippen molar-refractivity contribution in [2.45, 2.75) is 64.8 Å². The van der Waals surface area contributed by atoms with Crippen LogP contribution in [-0.4, -0.2) is 28.2 Å². The number of nitrogens with zero attached hydrogens (tertiary/aromatic N) is 1. The van der Waals surface area contributed by atoms with Crippen LogP contribution in [0.15, 0.2) is 29.4 Å². The van der Waals surface area contributed by atoms with Crippen LogP contribution in [0.3, 0.4) is 0 Å². The van der Waals surface area contributed by atoms with Crippen molar-refractivity contribution in [3.8, 4) is 5.75 Å². The number of benzene rings is 1. The van der Waals surface area contributed by atoms with Gasteiger partial charge in [-0.1, -0.05) is 12.1 Å². The maximum absolute atomic E-state index is 8.94. The van der Waals surface area contributed by atoms with Crippen molar-refractivity contribution in [1.29, 1.82) is 0 Å². The maximum Gasteiger partial charge on any atom is 0.130 e. The van der Waals surface area contributed by atoms with Crippen molar-refractivity contribution >= 4 is 5.71 Å². The Morgan fingerprint density at radius 1 is 1.29 bits per heavy atom. The van der Waals surface area contributed by atoms with E-state index in [0.29, 0.717) is 12.1 Å². The minimum absolute atomic E-state index is 0.0236. The van der Waals surface area contributed by atoms with E-state index in [1.54, 1.807) is 0 Å². The van der Waals surface area contributed by atoms with Crippen LogP contribution in [0, 0.1) is 0 Å². The Kier molecular flexibility index (Phi) is 4.28. The van der Waals surface area contributed by atoms with Gasteiger partial charge < -0.3 is 14.7 Å². The van der Waals surface area contributed by atoms with Crippen LogP contribution >= 0.6 is 0 Å². The van der Waals surface area contributed by atoms with E-state index in [1.807, 2.05) is 31.2 Å². The van der Waals surface area contributed by atoms with Gasteiger partial charge in [0.15, 0.2) is 0 Å². The summed E-state index contributed by atoms with van der Waals surface area (Å²) in [5.74, 6) is 0.812. The molecule has 0 saturated carbocycles. The van der Waals surface area contributed by atoms with E-state index in [2.05, 4.69) is 32.9 Å². The molecule has 4 nitrogen and oxygen atoms in total. The highest BCUT2D eigenvalue weighted by molar-refractivity contribution is 6.00. The van der Waals surface area contributed by atoms with Gasteiger partial charge in [0.05, 0.1) is 11.3 Å². The summed E-state index contributed by atoms with van der Waals surface area (Å²) < 4.78 is 12.1. The summed E-state index contributed by atoms with van der Waals surface area (Å²) in [4.78, 5) is 0. The van der Waals surface area contributed by atoms with Crippen LogP contribution in [-0.2, 0) is 4.74 Å². The van der Waals surface area contributed by atoms with Gasteiger partial charge in [-0.05, 0) is 63.9 Å². The van der Waals surface area contributed by atoms with E-state index >= 15 is 0 Å². The van der Waals surface area contributed by atoms with Crippen molar-refractivity contribution in [2.24, 2.45) is 5.16 Å². The molecule has 0 amide bonds. The Bertz CT molecular complexity index is 517. The topological polar surface area (TPSA) is 51.1 Å². The van der Waals surface area contributed by atoms with E-state index in [4.69, 9.17) is 14.7 Å². The van der Waals surface area contributed by atoms with Crippen molar-refractivity contribution in [3.05, 3.63) is 29.8 Å². The number of ether oxygens (including phenoxy) is 2. The lowest BCUT2D eigenvalue weighted by atomic mass is 9.97. The lowest BCUT2D eigenvalue weighted by Crippen LogP contribution is -2.36. The van der Waals surface area contributed by atoms with E-state index in [9.17, 15) is 0 Å². The molecule has 21 heavy (non-hydrogen) atoms. The van der Waals surface area contributed by atoms with Gasteiger partial charge in [-0.2, -0.15) is 0 Å². The van der Waals surface area contributed by atoms with E-state index in [-0.39, 0.29) is 17.3 Å². The summed E-state index contributed by atoms with van der Waals surface area (Å²) >= 11 is 0. The summed E-state index contributed by atoms with van der Waals surface area (Å²) in [6, 6.07) is 7.67. The molecule has 0 bridgehead atoms. The molecule has 116 valence electrons. The Morgan fingerprint density at radius 3 is 2.33 bits per heavy atom. The molecule has 1 heterocycles. The molecule has 1 aliphatic heterocycles. The molecule has 2 rings (SSSR count). The second kappa shape index (κ2) is 5.68. The van der Waals surface area contributed by atoms with Crippen molar-refractivity contribution in [2.75, 3.05) is 0 Å². The zero-order chi connectivity index (χ0) is 15.7. The second-order valence-corrected chi connectivity index (χ2v) is 6.70. The Hall–Kier alpha value is -1.55. The summed E-state index contributed by atoms with van der Waals surface area (Å²) in [5, 5.41) is 12.3. The molecule has 1 atom stereocenters. The third kappa shape index (κ3) is 3.56. The summed E-state index contributed by atoms with van der Waals surface area (Å²) in [6.45, 7) is 10.3. The smallest absolute Gasteiger partial charge is 0.130 e. The monoisotopic (exact) mass is 291 g/mol. The molecule has 0 radical (unpaired) electrons. The Balaban J connectivity index is 2.11. The van der Waals surface area contributed by atoms with Crippen molar-refractivity contribution in [1.82, 2.24) is 0 Å². The first kappa shape index (κ1) is 15.8. The zero-order valence-electron chi connectivity index (χ0n) is 13.5. The summed E-state index contributed by atoms with van der Waals surface area (Å²) in [6.07, 6.45) is 1.57. The minimum atomic E-state index is -0.302. The quantitative estimate of drug-likeness (QED) is 0.518. The lowest BCUT2D eigenvalue weighted by molar-refractivity contribution is -0.0846. The van der Waals surface area contributed by atoms with Crippen LogP contribution in [0.4, 0.5) is 0 Å². The molecule has 4 heteroatoms. The second-order valence-electron chi connectivity index (χ2n) is 6.70. The van der Waals surface area contributed by atoms with Crippen LogP contribution < -0.4 is 4.74 Å². The molecule has 1 unspecified atom stereocenters. The van der Waals surface area contributed by atoms with Crippen molar-refractivity contribution < 1.29 is 14.7 Å². The fourth-order valence-electron chi connectivity index (χ4n) is 2.92. The van der Waals surface area contributed by atoms with Gasteiger partial charge in [-0.15, -0.1) is 0 Å². The Morgan fingerprint density at radius 2 is 1.90 bits per heavy atom. The first-order valence-corrected chi connectivity index (χ1v) is 7.45. The van der Waals surface area contributed by atoms with Gasteiger partial charge >= 0.3 is 0 Å². The molecular weight excluding hydrogens is 266 g/mol. The highest BCUT2D eigenvalue weighted by atomic mass is 16.6. The van der Waals surface area contributed by atoms with Crippen molar-refractivity contribution in [3.63, 3.8) is 0 Å². The Labute approximate surface area is 126 Å². The average Bonchev–Trinajstić information content (AvgIpc) is 2.60. The largest absolute Gasteiger partial charge is 0.487 e. The third-order valence-electron chi connectivity index (χ3n) is 3.91. The zero-order valence-corrected chi connectivity index (χ0v) is 13.5. The number of oxime groups is 1. The standard InChI is InChI=1S/C17H25NO3/c1-6-14(18-19)12-7-9-13(10-8-12)20-15-11-16(2,3)21-17(15,4)5/h7-10,15,19H,6,11H2,1-5H3/b18-14-. The molecule has 0 aromatic heterocycles. The van der Waals surface area contributed by atoms with Gasteiger partial charge in [0.25, 0.3) is 0 Å². The van der Waals surface area contributed by atoms with Gasteiger partial charge in [-0.25, -0.2) is 0 Å². The molecule has 1 aromatic carbocycles. The first-order chi connectivity index (χ1) is 9.77. The molecule has 0 spiro atoms. The van der Waals surface area contributed by atoms with E-state index < -0.39 is 0 Å². The van der Waals surface area contributed by atoms with Gasteiger partial charge in [0.1, 0.15) is 17.5 Å². The van der Waals surface area contributed by atoms with E-state index in [0.717, 1.165) is 17.7 Å². The van der Waals surface area contributed by atoms with Gasteiger partial charge in [-0.3, -0.25) is 0 Å². The predicted octanol–water partition coefficient (Wildman–Crippen LogP) is 4.00. The van der Waals surface area contributed by atoms with Gasteiger partial charge in [0, 0.05) is 6.42 Å². The highest BCUT2D eigenvalue weighted by Crippen LogP contribution is 2.39. The molecule has 1 aliphatic rings. The average molecular weight is 291 g/mol. The minimum Gasteiger partial charge on any atom is -0.487 e. The predicted molar refractivity (Wildman–Crippen MR) is 83.3 cm³/mol. The first-order valence-electron chi connectivity index (χ1n) is 7.45. The molecule has 1 aromatic rings. The molecule has 1 N–H and O–H groups in total.